The molecule has 1 rings (SSSR count). The molecule has 0 saturated carbocycles. The van der Waals surface area contributed by atoms with Gasteiger partial charge >= 0.3 is 6.18 Å². The third kappa shape index (κ3) is 2.55. The summed E-state index contributed by atoms with van der Waals surface area (Å²) >= 11 is 5.20. The van der Waals surface area contributed by atoms with Crippen molar-refractivity contribution in [1.29, 1.82) is 0 Å². The van der Waals surface area contributed by atoms with Gasteiger partial charge in [-0.15, -0.1) is 0 Å². The molecule has 0 unspecified atom stereocenters. The largest absolute Gasteiger partial charge is 0.416 e. The van der Waals surface area contributed by atoms with Gasteiger partial charge in [0.15, 0.2) is 5.82 Å². The number of nitrogens with zero attached hydrogens (tertiary/aromatic N) is 1. The standard InChI is InChI=1S/C8H2ClF4NO/c9-5-1-4(8(11,12)13)2-6(7(5)10)14-3-15/h1-2H. The lowest BCUT2D eigenvalue weighted by molar-refractivity contribution is -0.137. The molecule has 0 aliphatic carbocycles. The second-order valence-electron chi connectivity index (χ2n) is 2.49. The van der Waals surface area contributed by atoms with Crippen LogP contribution in [0, 0.1) is 5.82 Å². The summed E-state index contributed by atoms with van der Waals surface area (Å²) in [5.41, 5.74) is -1.97. The lowest BCUT2D eigenvalue weighted by atomic mass is 10.2. The molecule has 0 heterocycles. The highest BCUT2D eigenvalue weighted by Crippen LogP contribution is 2.35. The van der Waals surface area contributed by atoms with Gasteiger partial charge in [0, 0.05) is 0 Å². The zero-order valence-corrected chi connectivity index (χ0v) is 7.66. The normalized spacial score (nSPS) is 11.0. The SMILES string of the molecule is O=C=Nc1cc(C(F)(F)F)cc(Cl)c1F. The van der Waals surface area contributed by atoms with Crippen LogP contribution in [0.1, 0.15) is 5.56 Å². The number of rotatable bonds is 1. The van der Waals surface area contributed by atoms with Crippen molar-refractivity contribution in [3.8, 4) is 0 Å². The van der Waals surface area contributed by atoms with E-state index >= 15 is 0 Å². The summed E-state index contributed by atoms with van der Waals surface area (Å²) in [6.45, 7) is 0. The van der Waals surface area contributed by atoms with Crippen molar-refractivity contribution in [2.75, 3.05) is 0 Å². The Labute approximate surface area is 86.2 Å². The van der Waals surface area contributed by atoms with Crippen molar-refractivity contribution in [1.82, 2.24) is 0 Å². The number of aliphatic imine (C=N–C) groups is 1. The zero-order chi connectivity index (χ0) is 11.6. The molecule has 0 aromatic heterocycles. The number of isocyanates is 1. The van der Waals surface area contributed by atoms with Gasteiger partial charge in [0.25, 0.3) is 0 Å². The van der Waals surface area contributed by atoms with E-state index in [1.54, 1.807) is 0 Å². The first-order chi connectivity index (χ1) is 6.86. The van der Waals surface area contributed by atoms with E-state index in [9.17, 15) is 22.4 Å². The Balaban J connectivity index is 3.42. The van der Waals surface area contributed by atoms with Crippen molar-refractivity contribution >= 4 is 23.4 Å². The molecule has 0 spiro atoms. The summed E-state index contributed by atoms with van der Waals surface area (Å²) in [7, 11) is 0. The number of halogens is 5. The van der Waals surface area contributed by atoms with E-state index in [1.165, 1.54) is 0 Å². The molecule has 7 heteroatoms. The van der Waals surface area contributed by atoms with E-state index in [4.69, 9.17) is 11.6 Å². The first-order valence-corrected chi connectivity index (χ1v) is 3.88. The zero-order valence-electron chi connectivity index (χ0n) is 6.90. The Hall–Kier alpha value is -1.39. The monoisotopic (exact) mass is 239 g/mol. The lowest BCUT2D eigenvalue weighted by Crippen LogP contribution is -2.05. The Morgan fingerprint density at radius 3 is 2.40 bits per heavy atom. The van der Waals surface area contributed by atoms with Gasteiger partial charge in [-0.25, -0.2) is 9.18 Å². The molecule has 1 aromatic carbocycles. The van der Waals surface area contributed by atoms with Crippen LogP contribution in [0.3, 0.4) is 0 Å². The fourth-order valence-corrected chi connectivity index (χ4v) is 1.08. The maximum atomic E-state index is 13.0. The van der Waals surface area contributed by atoms with Gasteiger partial charge in [-0.2, -0.15) is 18.2 Å². The Morgan fingerprint density at radius 2 is 1.93 bits per heavy atom. The molecular weight excluding hydrogens is 238 g/mol. The number of benzene rings is 1. The Bertz CT molecular complexity index is 437. The van der Waals surface area contributed by atoms with Gasteiger partial charge in [0.2, 0.25) is 6.08 Å². The average Bonchev–Trinajstić information content (AvgIpc) is 2.11. The molecule has 15 heavy (non-hydrogen) atoms. The van der Waals surface area contributed by atoms with Crippen molar-refractivity contribution in [3.05, 3.63) is 28.5 Å². The smallest absolute Gasteiger partial charge is 0.211 e. The van der Waals surface area contributed by atoms with Crippen LogP contribution in [-0.2, 0) is 11.0 Å². The van der Waals surface area contributed by atoms with E-state index in [0.717, 1.165) is 6.08 Å². The summed E-state index contributed by atoms with van der Waals surface area (Å²) in [5.74, 6) is -1.19. The van der Waals surface area contributed by atoms with Gasteiger partial charge in [0.05, 0.1) is 10.6 Å². The maximum absolute atomic E-state index is 13.0. The molecule has 0 amide bonds. The summed E-state index contributed by atoms with van der Waals surface area (Å²) in [5, 5.41) is -0.751. The van der Waals surface area contributed by atoms with Crippen molar-refractivity contribution in [2.45, 2.75) is 6.18 Å². The molecule has 0 aliphatic rings. The molecular formula is C8H2ClF4NO. The van der Waals surface area contributed by atoms with Crippen LogP contribution in [0.25, 0.3) is 0 Å². The van der Waals surface area contributed by atoms with Crippen LogP contribution in [0.4, 0.5) is 23.2 Å². The van der Waals surface area contributed by atoms with E-state index in [1.807, 2.05) is 0 Å². The highest BCUT2D eigenvalue weighted by atomic mass is 35.5. The highest BCUT2D eigenvalue weighted by molar-refractivity contribution is 6.31. The van der Waals surface area contributed by atoms with Crippen LogP contribution in [-0.4, -0.2) is 6.08 Å². The molecule has 0 aliphatic heterocycles. The molecule has 0 fully saturated rings. The van der Waals surface area contributed by atoms with Crippen LogP contribution in [0.15, 0.2) is 17.1 Å². The quantitative estimate of drug-likeness (QED) is 0.419. The second kappa shape index (κ2) is 4.00. The predicted molar refractivity (Wildman–Crippen MR) is 44.2 cm³/mol. The molecule has 0 N–H and O–H groups in total. The molecule has 0 saturated heterocycles. The Kier molecular flexibility index (Phi) is 3.12. The molecule has 0 atom stereocenters. The topological polar surface area (TPSA) is 29.4 Å². The summed E-state index contributed by atoms with van der Waals surface area (Å²) in [6.07, 6.45) is -3.74. The molecule has 0 bridgehead atoms. The van der Waals surface area contributed by atoms with Gasteiger partial charge in [0.1, 0.15) is 5.69 Å². The second-order valence-corrected chi connectivity index (χ2v) is 2.90. The van der Waals surface area contributed by atoms with Crippen LogP contribution >= 0.6 is 11.6 Å². The van der Waals surface area contributed by atoms with Gasteiger partial charge < -0.3 is 0 Å². The molecule has 1 aromatic rings. The van der Waals surface area contributed by atoms with Gasteiger partial charge in [-0.1, -0.05) is 11.6 Å². The van der Waals surface area contributed by atoms with Crippen molar-refractivity contribution in [3.63, 3.8) is 0 Å². The number of hydrogen-bond donors (Lipinski definition) is 0. The average molecular weight is 240 g/mol. The summed E-state index contributed by atoms with van der Waals surface area (Å²) in [4.78, 5) is 12.6. The molecule has 0 radical (unpaired) electrons. The fourth-order valence-electron chi connectivity index (χ4n) is 0.869. The predicted octanol–water partition coefficient (Wildman–Crippen LogP) is 3.47. The highest BCUT2D eigenvalue weighted by Gasteiger charge is 2.32. The van der Waals surface area contributed by atoms with Crippen LogP contribution in [0.2, 0.25) is 5.02 Å². The number of carbonyl (C=O) groups excluding carboxylic acids is 1. The summed E-state index contributed by atoms with van der Waals surface area (Å²) in [6, 6.07) is 0.798. The third-order valence-electron chi connectivity index (χ3n) is 1.50. The minimum absolute atomic E-state index is 0.381. The lowest BCUT2D eigenvalue weighted by Gasteiger charge is -2.08. The molecule has 80 valence electrons. The third-order valence-corrected chi connectivity index (χ3v) is 1.78. The van der Waals surface area contributed by atoms with Crippen LogP contribution < -0.4 is 0 Å². The minimum atomic E-state index is -4.68. The van der Waals surface area contributed by atoms with Crippen molar-refractivity contribution < 1.29 is 22.4 Å². The number of alkyl halides is 3. The van der Waals surface area contributed by atoms with Gasteiger partial charge in [-0.3, -0.25) is 0 Å². The van der Waals surface area contributed by atoms with E-state index in [0.29, 0.717) is 12.1 Å². The first-order valence-electron chi connectivity index (χ1n) is 3.50. The van der Waals surface area contributed by atoms with E-state index in [-0.39, 0.29) is 0 Å². The van der Waals surface area contributed by atoms with E-state index in [2.05, 4.69) is 4.99 Å². The Morgan fingerprint density at radius 1 is 1.33 bits per heavy atom. The van der Waals surface area contributed by atoms with Crippen molar-refractivity contribution in [2.24, 2.45) is 4.99 Å². The first kappa shape index (κ1) is 11.7. The van der Waals surface area contributed by atoms with E-state index < -0.39 is 28.3 Å². The molecule has 2 nitrogen and oxygen atoms in total. The minimum Gasteiger partial charge on any atom is -0.211 e. The van der Waals surface area contributed by atoms with Crippen LogP contribution in [0.5, 0.6) is 0 Å². The summed E-state index contributed by atoms with van der Waals surface area (Å²) < 4.78 is 49.6. The maximum Gasteiger partial charge on any atom is 0.416 e. The fraction of sp³-hybridized carbons (Fsp3) is 0.125. The van der Waals surface area contributed by atoms with Gasteiger partial charge in [-0.05, 0) is 12.1 Å². The number of hydrogen-bond acceptors (Lipinski definition) is 2.